The van der Waals surface area contributed by atoms with Gasteiger partial charge in [0.2, 0.25) is 12.0 Å². The summed E-state index contributed by atoms with van der Waals surface area (Å²) in [6.45, 7) is 6.11. The summed E-state index contributed by atoms with van der Waals surface area (Å²) in [7, 11) is 0. The van der Waals surface area contributed by atoms with E-state index in [0.717, 1.165) is 0 Å². The molecule has 24 heavy (non-hydrogen) atoms. The highest BCUT2D eigenvalue weighted by atomic mass is 35.5. The molecule has 2 atom stereocenters. The molecule has 1 amide bonds. The van der Waals surface area contributed by atoms with E-state index in [1.807, 2.05) is 20.8 Å². The van der Waals surface area contributed by atoms with Crippen LogP contribution in [0.3, 0.4) is 0 Å². The number of halogens is 1. The maximum Gasteiger partial charge on any atom is 0.410 e. The molecule has 3 aliphatic heterocycles. The van der Waals surface area contributed by atoms with Crippen molar-refractivity contribution in [3.63, 3.8) is 0 Å². The van der Waals surface area contributed by atoms with E-state index in [9.17, 15) is 9.90 Å². The first-order chi connectivity index (χ1) is 11.1. The van der Waals surface area contributed by atoms with Crippen LogP contribution in [0, 0.1) is 0 Å². The van der Waals surface area contributed by atoms with Crippen LogP contribution in [0.4, 0.5) is 4.79 Å². The number of piperidine rings is 1. The average Bonchev–Trinajstić information content (AvgIpc) is 2.83. The lowest BCUT2D eigenvalue weighted by molar-refractivity contribution is -0.592. The summed E-state index contributed by atoms with van der Waals surface area (Å²) in [5.41, 5.74) is -0.789. The normalized spacial score (nSPS) is 32.3. The number of nitrogens with zero attached hydrogens (tertiary/aromatic N) is 4. The minimum atomic E-state index is -1.27. The van der Waals surface area contributed by atoms with Gasteiger partial charge in [-0.1, -0.05) is 0 Å². The van der Waals surface area contributed by atoms with Gasteiger partial charge in [-0.25, -0.2) is 4.79 Å². The Morgan fingerprint density at radius 1 is 1.50 bits per heavy atom. The Labute approximate surface area is 146 Å². The number of amides is 1. The third-order valence-electron chi connectivity index (χ3n) is 4.10. The van der Waals surface area contributed by atoms with E-state index in [0.29, 0.717) is 30.8 Å². The summed E-state index contributed by atoms with van der Waals surface area (Å²) in [6, 6.07) is 0. The molecule has 7 nitrogen and oxygen atoms in total. The zero-order chi connectivity index (χ0) is 17.6. The highest BCUT2D eigenvalue weighted by Crippen LogP contribution is 2.39. The van der Waals surface area contributed by atoms with Crippen LogP contribution in [-0.2, 0) is 4.74 Å². The first kappa shape index (κ1) is 17.1. The molecule has 130 valence electrons. The summed E-state index contributed by atoms with van der Waals surface area (Å²) in [5.74, 6) is 0. The second kappa shape index (κ2) is 5.68. The molecule has 8 heteroatoms. The minimum Gasteiger partial charge on any atom is -0.444 e. The molecule has 3 rings (SSSR count). The molecule has 0 spiro atoms. The van der Waals surface area contributed by atoms with Crippen LogP contribution in [0.5, 0.6) is 0 Å². The van der Waals surface area contributed by atoms with Crippen molar-refractivity contribution < 1.29 is 18.6 Å². The third kappa shape index (κ3) is 3.11. The fourth-order valence-electron chi connectivity index (χ4n) is 3.02. The summed E-state index contributed by atoms with van der Waals surface area (Å²) in [4.78, 5) is 22.3. The first-order valence-corrected chi connectivity index (χ1v) is 8.27. The van der Waals surface area contributed by atoms with Gasteiger partial charge in [0.1, 0.15) is 23.1 Å². The van der Waals surface area contributed by atoms with E-state index in [2.05, 4.69) is 9.98 Å². The van der Waals surface area contributed by atoms with Crippen LogP contribution in [-0.4, -0.2) is 56.9 Å². The summed E-state index contributed by atoms with van der Waals surface area (Å²) >= 11 is 6.47. The maximum atomic E-state index is 12.3. The Bertz CT molecular complexity index is 679. The Morgan fingerprint density at radius 2 is 2.25 bits per heavy atom. The van der Waals surface area contributed by atoms with Crippen LogP contribution in [0.25, 0.3) is 0 Å². The van der Waals surface area contributed by atoms with Gasteiger partial charge in [-0.3, -0.25) is 4.99 Å². The molecule has 0 bridgehead atoms. The van der Waals surface area contributed by atoms with Crippen molar-refractivity contribution >= 4 is 30.4 Å². The molecule has 2 unspecified atom stereocenters. The van der Waals surface area contributed by atoms with Crippen molar-refractivity contribution in [1.29, 1.82) is 0 Å². The summed E-state index contributed by atoms with van der Waals surface area (Å²) < 4.78 is 5.27. The zero-order valence-corrected chi connectivity index (χ0v) is 14.8. The molecule has 1 N–H and O–H groups in total. The summed E-state index contributed by atoms with van der Waals surface area (Å²) in [6.07, 6.45) is 7.11. The number of aliphatic hydroxyl groups is 1. The highest BCUT2D eigenvalue weighted by molar-refractivity contribution is 6.14. The summed E-state index contributed by atoms with van der Waals surface area (Å²) in [5, 5.41) is 11.2. The molecule has 0 saturated carbocycles. The van der Waals surface area contributed by atoms with Gasteiger partial charge >= 0.3 is 6.09 Å². The van der Waals surface area contributed by atoms with Crippen LogP contribution in [0.2, 0.25) is 0 Å². The van der Waals surface area contributed by atoms with Gasteiger partial charge in [0.25, 0.3) is 0 Å². The molecule has 0 radical (unpaired) electrons. The number of hydrogen-bond acceptors (Lipinski definition) is 5. The van der Waals surface area contributed by atoms with Gasteiger partial charge in [0.05, 0.1) is 19.0 Å². The van der Waals surface area contributed by atoms with Crippen molar-refractivity contribution in [1.82, 2.24) is 4.90 Å². The van der Waals surface area contributed by atoms with E-state index in [-0.39, 0.29) is 10.5 Å². The van der Waals surface area contributed by atoms with Crippen molar-refractivity contribution in [3.05, 3.63) is 23.8 Å². The topological polar surface area (TPSA) is 74.5 Å². The molecule has 1 fully saturated rings. The average molecular weight is 354 g/mol. The molecular formula is C16H22ClN4O3+. The Morgan fingerprint density at radius 3 is 2.96 bits per heavy atom. The van der Waals surface area contributed by atoms with Crippen molar-refractivity contribution in [2.75, 3.05) is 13.1 Å². The van der Waals surface area contributed by atoms with E-state index in [1.165, 1.54) is 11.2 Å². The van der Waals surface area contributed by atoms with Crippen LogP contribution in [0.1, 0.15) is 33.6 Å². The number of quaternary nitrogens is 1. The second-order valence-corrected chi connectivity index (χ2v) is 7.84. The van der Waals surface area contributed by atoms with Gasteiger partial charge in [-0.2, -0.15) is 4.99 Å². The van der Waals surface area contributed by atoms with E-state index < -0.39 is 17.3 Å². The predicted molar refractivity (Wildman–Crippen MR) is 91.3 cm³/mol. The number of carbonyl (C=O) groups excluding carboxylic acids is 1. The first-order valence-electron chi connectivity index (χ1n) is 7.93. The number of ether oxygens (including phenoxy) is 1. The number of allylic oxidation sites excluding steroid dienone is 1. The molecule has 0 aromatic heterocycles. The number of aliphatic imine (C=N–C) groups is 2. The molecule has 0 aromatic rings. The van der Waals surface area contributed by atoms with Crippen LogP contribution in [0.15, 0.2) is 33.8 Å². The molecule has 3 aliphatic rings. The smallest absolute Gasteiger partial charge is 0.410 e. The number of rotatable bonds is 1. The van der Waals surface area contributed by atoms with E-state index >= 15 is 0 Å². The Kier molecular flexibility index (Phi) is 4.06. The zero-order valence-electron chi connectivity index (χ0n) is 14.1. The van der Waals surface area contributed by atoms with Crippen LogP contribution < -0.4 is 0 Å². The standard InChI is InChI=1S/C16H22ClN4O3/c1-15(2,3)24-14(22)20-7-4-5-16(23,10-20)13-12-9-18-6-8-21(12,17)11-19-13/h6,8-9,11,23H,4-5,7,10H2,1-3H3/q+1. The molecule has 1 saturated heterocycles. The lowest BCUT2D eigenvalue weighted by atomic mass is 9.88. The second-order valence-electron chi connectivity index (χ2n) is 7.28. The van der Waals surface area contributed by atoms with Crippen molar-refractivity contribution in [2.45, 2.75) is 44.8 Å². The van der Waals surface area contributed by atoms with Crippen LogP contribution >= 0.6 is 11.8 Å². The highest BCUT2D eigenvalue weighted by Gasteiger charge is 2.48. The monoisotopic (exact) mass is 353 g/mol. The number of fused-ring (bicyclic) bond motifs is 1. The minimum absolute atomic E-state index is 0.118. The largest absolute Gasteiger partial charge is 0.444 e. The lowest BCUT2D eigenvalue weighted by Gasteiger charge is -2.39. The SMILES string of the molecule is CC(C)(C)OC(=O)N1CCCC(O)(C2=C3C=NC=C[N+]3(Cl)C=N2)C1. The van der Waals surface area contributed by atoms with Gasteiger partial charge in [0, 0.05) is 6.54 Å². The fraction of sp³-hybridized carbons (Fsp3) is 0.562. The van der Waals surface area contributed by atoms with Gasteiger partial charge in [-0.05, 0) is 33.6 Å². The predicted octanol–water partition coefficient (Wildman–Crippen LogP) is 2.53. The van der Waals surface area contributed by atoms with E-state index in [1.54, 1.807) is 18.6 Å². The number of likely N-dealkylation sites (tertiary alicyclic amines) is 1. The lowest BCUT2D eigenvalue weighted by Crippen LogP contribution is -2.52. The quantitative estimate of drug-likeness (QED) is 0.736. The molecular weight excluding hydrogens is 332 g/mol. The number of β-amino-alcohol motifs (C(OH)–C–C–N with tert-alkyl or cyclic N) is 1. The van der Waals surface area contributed by atoms with Gasteiger partial charge in [0.15, 0.2) is 11.8 Å². The van der Waals surface area contributed by atoms with Gasteiger partial charge < -0.3 is 14.7 Å². The third-order valence-corrected chi connectivity index (χ3v) is 4.48. The maximum absolute atomic E-state index is 12.3. The fourth-order valence-corrected chi connectivity index (χ4v) is 3.24. The Balaban J connectivity index is 1.85. The van der Waals surface area contributed by atoms with E-state index in [4.69, 9.17) is 16.5 Å². The molecule has 0 aliphatic carbocycles. The molecule has 3 heterocycles. The Hall–Kier alpha value is -1.70. The van der Waals surface area contributed by atoms with Gasteiger partial charge in [-0.15, -0.1) is 4.00 Å². The van der Waals surface area contributed by atoms with Crippen molar-refractivity contribution in [2.24, 2.45) is 9.98 Å². The number of carbonyl (C=O) groups is 1. The molecule has 0 aromatic carbocycles. The number of hydrogen-bond donors (Lipinski definition) is 1. The van der Waals surface area contributed by atoms with Crippen molar-refractivity contribution in [3.8, 4) is 0 Å².